The van der Waals surface area contributed by atoms with Crippen molar-refractivity contribution in [2.24, 2.45) is 5.73 Å². The summed E-state index contributed by atoms with van der Waals surface area (Å²) in [6.45, 7) is 3.38. The van der Waals surface area contributed by atoms with E-state index in [1.807, 2.05) is 6.92 Å². The normalized spacial score (nSPS) is 18.3. The van der Waals surface area contributed by atoms with Gasteiger partial charge in [-0.15, -0.1) is 0 Å². The lowest BCUT2D eigenvalue weighted by atomic mass is 9.90. The van der Waals surface area contributed by atoms with Crippen LogP contribution >= 0.6 is 0 Å². The van der Waals surface area contributed by atoms with Gasteiger partial charge in [0.05, 0.1) is 5.56 Å². The fraction of sp³-hybridized carbons (Fsp3) is 0.538. The molecule has 1 aliphatic heterocycles. The van der Waals surface area contributed by atoms with Gasteiger partial charge in [-0.1, -0.05) is 0 Å². The van der Waals surface area contributed by atoms with E-state index in [1.165, 1.54) is 0 Å². The summed E-state index contributed by atoms with van der Waals surface area (Å²) in [7, 11) is 0. The van der Waals surface area contributed by atoms with Crippen LogP contribution in [0.15, 0.2) is 12.1 Å². The van der Waals surface area contributed by atoms with Gasteiger partial charge in [0.25, 0.3) is 5.91 Å². The second-order valence-electron chi connectivity index (χ2n) is 5.39. The van der Waals surface area contributed by atoms with Crippen LogP contribution in [-0.2, 0) is 6.18 Å². The van der Waals surface area contributed by atoms with Crippen LogP contribution in [0, 0.1) is 0 Å². The molecule has 4 N–H and O–H groups in total. The minimum absolute atomic E-state index is 0.0391. The smallest absolute Gasteiger partial charge is 0.365 e. The average Bonchev–Trinajstić information content (AvgIpc) is 2.37. The van der Waals surface area contributed by atoms with E-state index in [9.17, 15) is 18.0 Å². The zero-order valence-corrected chi connectivity index (χ0v) is 11.5. The Kier molecular flexibility index (Phi) is 4.08. The lowest BCUT2D eigenvalue weighted by Gasteiger charge is -2.36. The Bertz CT molecular complexity index is 539. The number of alkyl halides is 3. The summed E-state index contributed by atoms with van der Waals surface area (Å²) in [5.41, 5.74) is 3.70. The van der Waals surface area contributed by atoms with Crippen molar-refractivity contribution < 1.29 is 18.0 Å². The summed E-state index contributed by atoms with van der Waals surface area (Å²) in [6, 6.07) is 1.82. The molecular formula is C13H17F3N4O. The molecule has 5 nitrogen and oxygen atoms in total. The summed E-state index contributed by atoms with van der Waals surface area (Å²) in [4.78, 5) is 14.9. The standard InChI is InChI=1S/C13H17F3N4O/c1-12(4-6-18-7-5-12)20-11-8(10(17)21)2-3-9(19-11)13(14,15)16/h2-3,18H,4-7H2,1H3,(H2,17,21)(H,19,20). The number of halogens is 3. The molecule has 0 aromatic carbocycles. The summed E-state index contributed by atoms with van der Waals surface area (Å²) in [6.07, 6.45) is -3.14. The molecule has 8 heteroatoms. The summed E-state index contributed by atoms with van der Waals surface area (Å²) < 4.78 is 38.3. The van der Waals surface area contributed by atoms with Gasteiger partial charge in [0, 0.05) is 5.54 Å². The SMILES string of the molecule is CC1(Nc2nc(C(F)(F)F)ccc2C(N)=O)CCNCC1. The number of hydrogen-bond acceptors (Lipinski definition) is 4. The van der Waals surface area contributed by atoms with Crippen molar-refractivity contribution in [2.45, 2.75) is 31.5 Å². The third-order valence-electron chi connectivity index (χ3n) is 3.58. The van der Waals surface area contributed by atoms with Gasteiger partial charge < -0.3 is 16.4 Å². The van der Waals surface area contributed by atoms with E-state index in [0.717, 1.165) is 25.2 Å². The molecule has 21 heavy (non-hydrogen) atoms. The van der Waals surface area contributed by atoms with E-state index in [1.54, 1.807) is 0 Å². The molecule has 1 aliphatic rings. The van der Waals surface area contributed by atoms with Crippen molar-refractivity contribution in [1.82, 2.24) is 10.3 Å². The van der Waals surface area contributed by atoms with Crippen molar-refractivity contribution in [3.63, 3.8) is 0 Å². The Hall–Kier alpha value is -1.83. The number of nitrogens with one attached hydrogen (secondary N) is 2. The van der Waals surface area contributed by atoms with Crippen LogP contribution < -0.4 is 16.4 Å². The van der Waals surface area contributed by atoms with Gasteiger partial charge >= 0.3 is 6.18 Å². The van der Waals surface area contributed by atoms with Gasteiger partial charge in [0.15, 0.2) is 0 Å². The van der Waals surface area contributed by atoms with Gasteiger partial charge in [0.2, 0.25) is 0 Å². The molecule has 1 aromatic rings. The Morgan fingerprint density at radius 3 is 2.52 bits per heavy atom. The lowest BCUT2D eigenvalue weighted by molar-refractivity contribution is -0.141. The molecule has 116 valence electrons. The first-order valence-electron chi connectivity index (χ1n) is 6.58. The Morgan fingerprint density at radius 2 is 2.00 bits per heavy atom. The van der Waals surface area contributed by atoms with E-state index in [0.29, 0.717) is 12.8 Å². The summed E-state index contributed by atoms with van der Waals surface area (Å²) >= 11 is 0. The van der Waals surface area contributed by atoms with Crippen molar-refractivity contribution in [3.8, 4) is 0 Å². The first-order chi connectivity index (χ1) is 9.71. The lowest BCUT2D eigenvalue weighted by Crippen LogP contribution is -2.45. The number of piperidine rings is 1. The third-order valence-corrected chi connectivity index (χ3v) is 3.58. The number of carbonyl (C=O) groups is 1. The van der Waals surface area contributed by atoms with Crippen LogP contribution in [0.3, 0.4) is 0 Å². The van der Waals surface area contributed by atoms with Crippen molar-refractivity contribution in [3.05, 3.63) is 23.4 Å². The number of rotatable bonds is 3. The summed E-state index contributed by atoms with van der Waals surface area (Å²) in [5.74, 6) is -0.919. The van der Waals surface area contributed by atoms with Crippen LogP contribution in [-0.4, -0.2) is 29.5 Å². The molecule has 0 atom stereocenters. The van der Waals surface area contributed by atoms with E-state index >= 15 is 0 Å². The van der Waals surface area contributed by atoms with Crippen molar-refractivity contribution in [2.75, 3.05) is 18.4 Å². The molecule has 0 spiro atoms. The van der Waals surface area contributed by atoms with E-state index in [2.05, 4.69) is 15.6 Å². The number of nitrogens with two attached hydrogens (primary N) is 1. The fourth-order valence-electron chi connectivity index (χ4n) is 2.30. The minimum atomic E-state index is -4.57. The Morgan fingerprint density at radius 1 is 1.38 bits per heavy atom. The zero-order chi connectivity index (χ0) is 15.7. The minimum Gasteiger partial charge on any atom is -0.365 e. The average molecular weight is 302 g/mol. The van der Waals surface area contributed by atoms with Crippen molar-refractivity contribution in [1.29, 1.82) is 0 Å². The van der Waals surface area contributed by atoms with Crippen LogP contribution in [0.5, 0.6) is 0 Å². The molecule has 0 saturated carbocycles. The molecular weight excluding hydrogens is 285 g/mol. The first kappa shape index (κ1) is 15.6. The van der Waals surface area contributed by atoms with E-state index in [4.69, 9.17) is 5.73 Å². The molecule has 1 saturated heterocycles. The maximum atomic E-state index is 12.8. The highest BCUT2D eigenvalue weighted by Crippen LogP contribution is 2.31. The predicted molar refractivity (Wildman–Crippen MR) is 71.9 cm³/mol. The number of primary amides is 1. The topological polar surface area (TPSA) is 80.0 Å². The number of amides is 1. The maximum absolute atomic E-state index is 12.8. The number of anilines is 1. The maximum Gasteiger partial charge on any atom is 0.433 e. The molecule has 1 fully saturated rings. The van der Waals surface area contributed by atoms with Gasteiger partial charge in [-0.3, -0.25) is 4.79 Å². The highest BCUT2D eigenvalue weighted by atomic mass is 19.4. The molecule has 0 radical (unpaired) electrons. The van der Waals surface area contributed by atoms with Crippen LogP contribution in [0.25, 0.3) is 0 Å². The highest BCUT2D eigenvalue weighted by molar-refractivity contribution is 5.97. The molecule has 0 aliphatic carbocycles. The number of carbonyl (C=O) groups excluding carboxylic acids is 1. The Labute approximate surface area is 120 Å². The van der Waals surface area contributed by atoms with Crippen LogP contribution in [0.2, 0.25) is 0 Å². The number of pyridine rings is 1. The predicted octanol–water partition coefficient (Wildman–Crippen LogP) is 1.75. The monoisotopic (exact) mass is 302 g/mol. The molecule has 2 rings (SSSR count). The first-order valence-corrected chi connectivity index (χ1v) is 6.58. The third kappa shape index (κ3) is 3.63. The van der Waals surface area contributed by atoms with E-state index in [-0.39, 0.29) is 11.4 Å². The molecule has 1 amide bonds. The fourth-order valence-corrected chi connectivity index (χ4v) is 2.30. The quantitative estimate of drug-likeness (QED) is 0.795. The zero-order valence-electron chi connectivity index (χ0n) is 11.5. The van der Waals surface area contributed by atoms with Gasteiger partial charge in [-0.2, -0.15) is 13.2 Å². The highest BCUT2D eigenvalue weighted by Gasteiger charge is 2.35. The molecule has 0 unspecified atom stereocenters. The number of hydrogen-bond donors (Lipinski definition) is 3. The number of nitrogens with zero attached hydrogens (tertiary/aromatic N) is 1. The van der Waals surface area contributed by atoms with Gasteiger partial charge in [-0.05, 0) is 45.0 Å². The van der Waals surface area contributed by atoms with Gasteiger partial charge in [0.1, 0.15) is 11.5 Å². The van der Waals surface area contributed by atoms with Crippen LogP contribution in [0.4, 0.5) is 19.0 Å². The Balaban J connectivity index is 2.36. The van der Waals surface area contributed by atoms with Gasteiger partial charge in [-0.25, -0.2) is 4.98 Å². The molecule has 1 aromatic heterocycles. The summed E-state index contributed by atoms with van der Waals surface area (Å²) in [5, 5.41) is 6.13. The number of aromatic nitrogens is 1. The largest absolute Gasteiger partial charge is 0.433 e. The second kappa shape index (κ2) is 5.51. The second-order valence-corrected chi connectivity index (χ2v) is 5.39. The van der Waals surface area contributed by atoms with E-state index < -0.39 is 23.3 Å². The molecule has 2 heterocycles. The van der Waals surface area contributed by atoms with Crippen LogP contribution in [0.1, 0.15) is 35.8 Å². The van der Waals surface area contributed by atoms with Crippen molar-refractivity contribution >= 4 is 11.7 Å². The molecule has 0 bridgehead atoms.